The quantitative estimate of drug-likeness (QED) is 0.301. The highest BCUT2D eigenvalue weighted by molar-refractivity contribution is 6.07. The van der Waals surface area contributed by atoms with Crippen LogP contribution in [0.4, 0.5) is 5.69 Å². The van der Waals surface area contributed by atoms with Crippen molar-refractivity contribution in [2.75, 3.05) is 31.2 Å². The first-order valence-corrected chi connectivity index (χ1v) is 11.4. The number of ketones is 1. The summed E-state index contributed by atoms with van der Waals surface area (Å²) in [6, 6.07) is 21.8. The highest BCUT2D eigenvalue weighted by Gasteiger charge is 2.13. The third-order valence-corrected chi connectivity index (χ3v) is 5.85. The molecule has 5 rings (SSSR count). The van der Waals surface area contributed by atoms with E-state index in [0.717, 1.165) is 54.4 Å². The number of benzene rings is 2. The molecule has 1 saturated heterocycles. The van der Waals surface area contributed by atoms with Gasteiger partial charge in [0.05, 0.1) is 19.8 Å². The molecule has 0 aliphatic carbocycles. The van der Waals surface area contributed by atoms with Gasteiger partial charge < -0.3 is 9.64 Å². The van der Waals surface area contributed by atoms with Gasteiger partial charge in [-0.3, -0.25) is 14.5 Å². The Balaban J connectivity index is 1.37. The maximum absolute atomic E-state index is 12.9. The van der Waals surface area contributed by atoms with Gasteiger partial charge in [0.1, 0.15) is 5.69 Å². The minimum Gasteiger partial charge on any atom is -0.378 e. The van der Waals surface area contributed by atoms with Gasteiger partial charge in [0.25, 0.3) is 0 Å². The largest absolute Gasteiger partial charge is 0.378 e. The summed E-state index contributed by atoms with van der Waals surface area (Å²) in [4.78, 5) is 19.4. The summed E-state index contributed by atoms with van der Waals surface area (Å²) in [7, 11) is 0. The van der Waals surface area contributed by atoms with Crippen molar-refractivity contribution in [2.45, 2.75) is 6.54 Å². The van der Waals surface area contributed by atoms with Gasteiger partial charge >= 0.3 is 0 Å². The molecule has 1 fully saturated rings. The van der Waals surface area contributed by atoms with E-state index in [1.54, 1.807) is 18.5 Å². The molecule has 0 radical (unpaired) electrons. The standard InChI is InChI=1S/C28H26N4O2/c33-27(23-8-11-26(12-9-23)31-15-17-34-18-16-31)13-10-25-21-32(20-22-5-2-1-3-6-22)30-28(25)24-7-4-14-29-19-24/h1-14,19,21H,15-18,20H2/b13-10+. The average Bonchev–Trinajstić information content (AvgIpc) is 3.31. The number of allylic oxidation sites excluding steroid dienone is 1. The molecular formula is C28H26N4O2. The van der Waals surface area contributed by atoms with Crippen LogP contribution in [0.15, 0.2) is 91.4 Å². The first kappa shape index (κ1) is 21.8. The van der Waals surface area contributed by atoms with Crippen molar-refractivity contribution in [1.82, 2.24) is 14.8 Å². The summed E-state index contributed by atoms with van der Waals surface area (Å²) in [5.74, 6) is -0.0403. The van der Waals surface area contributed by atoms with E-state index < -0.39 is 0 Å². The predicted molar refractivity (Wildman–Crippen MR) is 134 cm³/mol. The van der Waals surface area contributed by atoms with E-state index in [1.165, 1.54) is 0 Å². The fourth-order valence-corrected chi connectivity index (χ4v) is 4.06. The fourth-order valence-electron chi connectivity index (χ4n) is 4.06. The van der Waals surface area contributed by atoms with Crippen LogP contribution in [0.5, 0.6) is 0 Å². The van der Waals surface area contributed by atoms with E-state index in [0.29, 0.717) is 12.1 Å². The van der Waals surface area contributed by atoms with Crippen LogP contribution in [-0.2, 0) is 11.3 Å². The number of pyridine rings is 1. The summed E-state index contributed by atoms with van der Waals surface area (Å²) in [5, 5.41) is 4.79. The molecule has 6 nitrogen and oxygen atoms in total. The number of ether oxygens (including phenoxy) is 1. The van der Waals surface area contributed by atoms with Crippen molar-refractivity contribution in [3.63, 3.8) is 0 Å². The van der Waals surface area contributed by atoms with E-state index in [-0.39, 0.29) is 5.78 Å². The molecule has 34 heavy (non-hydrogen) atoms. The molecular weight excluding hydrogens is 424 g/mol. The minimum absolute atomic E-state index is 0.0403. The number of hydrogen-bond donors (Lipinski definition) is 0. The number of rotatable bonds is 7. The molecule has 1 aliphatic rings. The highest BCUT2D eigenvalue weighted by Crippen LogP contribution is 2.23. The van der Waals surface area contributed by atoms with Crippen molar-refractivity contribution in [2.24, 2.45) is 0 Å². The summed E-state index contributed by atoms with van der Waals surface area (Å²) in [6.45, 7) is 3.87. The number of hydrogen-bond acceptors (Lipinski definition) is 5. The van der Waals surface area contributed by atoms with Crippen LogP contribution in [0, 0.1) is 0 Å². The zero-order valence-corrected chi connectivity index (χ0v) is 18.9. The van der Waals surface area contributed by atoms with Gasteiger partial charge in [-0.25, -0.2) is 0 Å². The van der Waals surface area contributed by atoms with Crippen LogP contribution < -0.4 is 4.90 Å². The monoisotopic (exact) mass is 450 g/mol. The Morgan fingerprint density at radius 1 is 0.971 bits per heavy atom. The molecule has 0 atom stereocenters. The maximum Gasteiger partial charge on any atom is 0.185 e. The molecule has 2 aromatic heterocycles. The van der Waals surface area contributed by atoms with Gasteiger partial charge in [0, 0.05) is 54.1 Å². The van der Waals surface area contributed by atoms with E-state index >= 15 is 0 Å². The maximum atomic E-state index is 12.9. The van der Waals surface area contributed by atoms with E-state index in [2.05, 4.69) is 22.0 Å². The molecule has 170 valence electrons. The van der Waals surface area contributed by atoms with Crippen molar-refractivity contribution in [3.05, 3.63) is 108 Å². The second-order valence-electron chi connectivity index (χ2n) is 8.20. The molecule has 0 bridgehead atoms. The smallest absolute Gasteiger partial charge is 0.185 e. The first-order valence-electron chi connectivity index (χ1n) is 11.4. The Morgan fingerprint density at radius 2 is 1.76 bits per heavy atom. The Hall–Kier alpha value is -4.03. The Labute approximate surface area is 199 Å². The van der Waals surface area contributed by atoms with Crippen molar-refractivity contribution >= 4 is 17.5 Å². The van der Waals surface area contributed by atoms with Gasteiger partial charge in [0.15, 0.2) is 5.78 Å². The summed E-state index contributed by atoms with van der Waals surface area (Å²) in [5.41, 5.74) is 5.53. The molecule has 0 N–H and O–H groups in total. The molecule has 2 aromatic carbocycles. The molecule has 0 spiro atoms. The van der Waals surface area contributed by atoms with E-state index in [9.17, 15) is 4.79 Å². The molecule has 6 heteroatoms. The Kier molecular flexibility index (Phi) is 6.59. The van der Waals surface area contributed by atoms with Crippen LogP contribution >= 0.6 is 0 Å². The Bertz CT molecular complexity index is 1260. The lowest BCUT2D eigenvalue weighted by atomic mass is 10.1. The summed E-state index contributed by atoms with van der Waals surface area (Å²) >= 11 is 0. The Morgan fingerprint density at radius 3 is 2.50 bits per heavy atom. The second-order valence-corrected chi connectivity index (χ2v) is 8.20. The second kappa shape index (κ2) is 10.3. The molecule has 0 unspecified atom stereocenters. The van der Waals surface area contributed by atoms with Crippen LogP contribution in [0.2, 0.25) is 0 Å². The molecule has 4 aromatic rings. The topological polar surface area (TPSA) is 60.2 Å². The SMILES string of the molecule is O=C(/C=C/c1cn(Cc2ccccc2)nc1-c1cccnc1)c1ccc(N2CCOCC2)cc1. The number of morpholine rings is 1. The lowest BCUT2D eigenvalue weighted by Crippen LogP contribution is -2.36. The van der Waals surface area contributed by atoms with Crippen molar-refractivity contribution in [1.29, 1.82) is 0 Å². The zero-order chi connectivity index (χ0) is 23.2. The van der Waals surface area contributed by atoms with Gasteiger partial charge in [-0.05, 0) is 54.1 Å². The third-order valence-electron chi connectivity index (χ3n) is 5.85. The van der Waals surface area contributed by atoms with Gasteiger partial charge in [-0.15, -0.1) is 0 Å². The number of carbonyl (C=O) groups excluding carboxylic acids is 1. The van der Waals surface area contributed by atoms with Crippen LogP contribution in [-0.4, -0.2) is 46.9 Å². The minimum atomic E-state index is -0.0403. The van der Waals surface area contributed by atoms with Gasteiger partial charge in [0.2, 0.25) is 0 Å². The van der Waals surface area contributed by atoms with Crippen LogP contribution in [0.25, 0.3) is 17.3 Å². The number of nitrogens with zero attached hydrogens (tertiary/aromatic N) is 4. The molecule has 1 aliphatic heterocycles. The summed E-state index contributed by atoms with van der Waals surface area (Å²) in [6.07, 6.45) is 8.96. The van der Waals surface area contributed by atoms with Gasteiger partial charge in [-0.2, -0.15) is 5.10 Å². The third kappa shape index (κ3) is 5.13. The van der Waals surface area contributed by atoms with Crippen molar-refractivity contribution < 1.29 is 9.53 Å². The van der Waals surface area contributed by atoms with Gasteiger partial charge in [-0.1, -0.05) is 30.3 Å². The van der Waals surface area contributed by atoms with E-state index in [1.807, 2.05) is 71.6 Å². The normalized spacial score (nSPS) is 13.9. The highest BCUT2D eigenvalue weighted by atomic mass is 16.5. The predicted octanol–water partition coefficient (Wildman–Crippen LogP) is 4.73. The number of carbonyl (C=O) groups is 1. The lowest BCUT2D eigenvalue weighted by molar-refractivity contribution is 0.104. The fraction of sp³-hybridized carbons (Fsp3) is 0.179. The van der Waals surface area contributed by atoms with Crippen LogP contribution in [0.3, 0.4) is 0 Å². The summed E-state index contributed by atoms with van der Waals surface area (Å²) < 4.78 is 7.32. The first-order chi connectivity index (χ1) is 16.8. The molecule has 3 heterocycles. The molecule has 0 amide bonds. The lowest BCUT2D eigenvalue weighted by Gasteiger charge is -2.28. The zero-order valence-electron chi connectivity index (χ0n) is 18.9. The van der Waals surface area contributed by atoms with Crippen LogP contribution in [0.1, 0.15) is 21.5 Å². The average molecular weight is 451 g/mol. The van der Waals surface area contributed by atoms with E-state index in [4.69, 9.17) is 9.84 Å². The number of anilines is 1. The van der Waals surface area contributed by atoms with Crippen molar-refractivity contribution in [3.8, 4) is 11.3 Å². The molecule has 0 saturated carbocycles. The number of aromatic nitrogens is 3.